The number of nitrogens with two attached hydrogens (primary N) is 1. The number of aromatic nitrogens is 1. The van der Waals surface area contributed by atoms with Crippen molar-refractivity contribution in [3.8, 4) is 5.75 Å². The van der Waals surface area contributed by atoms with Crippen molar-refractivity contribution in [3.05, 3.63) is 34.6 Å². The monoisotopic (exact) mass is 204 g/mol. The van der Waals surface area contributed by atoms with Crippen LogP contribution in [0.15, 0.2) is 29.1 Å². The van der Waals surface area contributed by atoms with Crippen molar-refractivity contribution in [2.45, 2.75) is 0 Å². The van der Waals surface area contributed by atoms with Crippen molar-refractivity contribution in [2.75, 3.05) is 12.8 Å². The Bertz CT molecular complexity index is 573. The quantitative estimate of drug-likeness (QED) is 0.757. The second kappa shape index (κ2) is 3.31. The first-order valence-electron chi connectivity index (χ1n) is 4.56. The number of anilines is 1. The summed E-state index contributed by atoms with van der Waals surface area (Å²) < 4.78 is 6.49. The zero-order valence-electron chi connectivity index (χ0n) is 8.65. The highest BCUT2D eigenvalue weighted by Crippen LogP contribution is 2.19. The maximum atomic E-state index is 11.8. The Hall–Kier alpha value is -1.97. The van der Waals surface area contributed by atoms with Crippen molar-refractivity contribution in [2.24, 2.45) is 7.05 Å². The molecule has 0 atom stereocenters. The molecule has 0 aliphatic heterocycles. The lowest BCUT2D eigenvalue weighted by Gasteiger charge is -2.06. The Morgan fingerprint density at radius 2 is 2.07 bits per heavy atom. The molecule has 2 aromatic rings. The first-order valence-corrected chi connectivity index (χ1v) is 4.56. The molecule has 0 radical (unpaired) electrons. The highest BCUT2D eigenvalue weighted by molar-refractivity contribution is 5.85. The summed E-state index contributed by atoms with van der Waals surface area (Å²) in [4.78, 5) is 11.8. The SMILES string of the molecule is COc1ccc2cc(N)n(C)c(=O)c2c1. The fourth-order valence-electron chi connectivity index (χ4n) is 1.53. The number of benzene rings is 1. The van der Waals surface area contributed by atoms with Crippen LogP contribution in [0, 0.1) is 0 Å². The Balaban J connectivity index is 2.88. The van der Waals surface area contributed by atoms with E-state index in [0.717, 1.165) is 5.39 Å². The van der Waals surface area contributed by atoms with E-state index in [0.29, 0.717) is 17.0 Å². The van der Waals surface area contributed by atoms with Gasteiger partial charge in [0, 0.05) is 7.05 Å². The van der Waals surface area contributed by atoms with Gasteiger partial charge in [-0.25, -0.2) is 0 Å². The summed E-state index contributed by atoms with van der Waals surface area (Å²) >= 11 is 0. The Kier molecular flexibility index (Phi) is 2.11. The van der Waals surface area contributed by atoms with Gasteiger partial charge in [-0.2, -0.15) is 0 Å². The average Bonchev–Trinajstić information content (AvgIpc) is 2.26. The van der Waals surface area contributed by atoms with E-state index in [2.05, 4.69) is 0 Å². The van der Waals surface area contributed by atoms with Crippen molar-refractivity contribution < 1.29 is 4.74 Å². The van der Waals surface area contributed by atoms with Crippen molar-refractivity contribution in [3.63, 3.8) is 0 Å². The molecule has 0 bridgehead atoms. The first-order chi connectivity index (χ1) is 7.13. The molecule has 2 rings (SSSR count). The molecule has 0 spiro atoms. The summed E-state index contributed by atoms with van der Waals surface area (Å²) in [7, 11) is 3.22. The predicted octanol–water partition coefficient (Wildman–Crippen LogP) is 1.13. The van der Waals surface area contributed by atoms with Crippen molar-refractivity contribution in [1.29, 1.82) is 0 Å². The van der Waals surface area contributed by atoms with Gasteiger partial charge in [0.2, 0.25) is 0 Å². The molecule has 1 heterocycles. The fraction of sp³-hybridized carbons (Fsp3) is 0.182. The van der Waals surface area contributed by atoms with Crippen molar-refractivity contribution in [1.82, 2.24) is 4.57 Å². The van der Waals surface area contributed by atoms with Crippen LogP contribution in [0.3, 0.4) is 0 Å². The molecular formula is C11H12N2O2. The summed E-state index contributed by atoms with van der Waals surface area (Å²) in [6.45, 7) is 0. The highest BCUT2D eigenvalue weighted by atomic mass is 16.5. The molecule has 4 heteroatoms. The van der Waals surface area contributed by atoms with E-state index in [1.807, 2.05) is 6.07 Å². The van der Waals surface area contributed by atoms with Gasteiger partial charge in [-0.15, -0.1) is 0 Å². The topological polar surface area (TPSA) is 57.2 Å². The van der Waals surface area contributed by atoms with Crippen LogP contribution in [0.1, 0.15) is 0 Å². The molecule has 0 fully saturated rings. The molecule has 15 heavy (non-hydrogen) atoms. The number of methoxy groups -OCH3 is 1. The third kappa shape index (κ3) is 1.44. The average molecular weight is 204 g/mol. The molecule has 0 amide bonds. The predicted molar refractivity (Wildman–Crippen MR) is 60.2 cm³/mol. The molecule has 1 aromatic heterocycles. The maximum Gasteiger partial charge on any atom is 0.259 e. The Morgan fingerprint density at radius 1 is 1.33 bits per heavy atom. The van der Waals surface area contributed by atoms with Crippen LogP contribution in [0.5, 0.6) is 5.75 Å². The molecule has 4 nitrogen and oxygen atoms in total. The second-order valence-electron chi connectivity index (χ2n) is 3.39. The number of pyridine rings is 1. The third-order valence-electron chi connectivity index (χ3n) is 2.49. The molecule has 2 N–H and O–H groups in total. The Labute approximate surface area is 86.9 Å². The van der Waals surface area contributed by atoms with Gasteiger partial charge in [0.05, 0.1) is 12.5 Å². The minimum absolute atomic E-state index is 0.107. The lowest BCUT2D eigenvalue weighted by Crippen LogP contribution is -2.19. The summed E-state index contributed by atoms with van der Waals surface area (Å²) in [5.74, 6) is 1.13. The number of nitrogens with zero attached hydrogens (tertiary/aromatic N) is 1. The zero-order chi connectivity index (χ0) is 11.0. The van der Waals surface area contributed by atoms with Crippen LogP contribution in [0.2, 0.25) is 0 Å². The largest absolute Gasteiger partial charge is 0.497 e. The van der Waals surface area contributed by atoms with Gasteiger partial charge in [0.25, 0.3) is 5.56 Å². The lowest BCUT2D eigenvalue weighted by molar-refractivity contribution is 0.415. The summed E-state index contributed by atoms with van der Waals surface area (Å²) in [5, 5.41) is 1.45. The number of hydrogen-bond donors (Lipinski definition) is 1. The maximum absolute atomic E-state index is 11.8. The standard InChI is InChI=1S/C11H12N2O2/c1-13-10(12)5-7-3-4-8(15-2)6-9(7)11(13)14/h3-6H,12H2,1-2H3. The normalized spacial score (nSPS) is 10.5. The minimum atomic E-state index is -0.107. The minimum Gasteiger partial charge on any atom is -0.497 e. The van der Waals surface area contributed by atoms with E-state index < -0.39 is 0 Å². The van der Waals surface area contributed by atoms with Gasteiger partial charge in [0.15, 0.2) is 0 Å². The van der Waals surface area contributed by atoms with Gasteiger partial charge < -0.3 is 10.5 Å². The first kappa shape index (κ1) is 9.58. The smallest absolute Gasteiger partial charge is 0.259 e. The molecule has 0 unspecified atom stereocenters. The number of fused-ring (bicyclic) bond motifs is 1. The summed E-state index contributed by atoms with van der Waals surface area (Å²) in [6, 6.07) is 7.13. The van der Waals surface area contributed by atoms with Crippen LogP contribution in [0.4, 0.5) is 5.82 Å². The molecule has 0 saturated heterocycles. The van der Waals surface area contributed by atoms with Crippen molar-refractivity contribution >= 4 is 16.6 Å². The van der Waals surface area contributed by atoms with Gasteiger partial charge in [0.1, 0.15) is 11.6 Å². The molecular weight excluding hydrogens is 192 g/mol. The zero-order valence-corrected chi connectivity index (χ0v) is 8.65. The van der Waals surface area contributed by atoms with Crippen LogP contribution in [0.25, 0.3) is 10.8 Å². The van der Waals surface area contributed by atoms with Gasteiger partial charge in [-0.05, 0) is 23.6 Å². The number of hydrogen-bond acceptors (Lipinski definition) is 3. The molecule has 78 valence electrons. The van der Waals surface area contributed by atoms with E-state index >= 15 is 0 Å². The second-order valence-corrected chi connectivity index (χ2v) is 3.39. The van der Waals surface area contributed by atoms with E-state index in [9.17, 15) is 4.79 Å². The molecule has 0 saturated carbocycles. The van der Waals surface area contributed by atoms with Gasteiger partial charge in [-0.1, -0.05) is 6.07 Å². The van der Waals surface area contributed by atoms with E-state index in [1.54, 1.807) is 32.4 Å². The van der Waals surface area contributed by atoms with Crippen LogP contribution < -0.4 is 16.0 Å². The van der Waals surface area contributed by atoms with Gasteiger partial charge in [-0.3, -0.25) is 9.36 Å². The lowest BCUT2D eigenvalue weighted by atomic mass is 10.1. The molecule has 0 aliphatic carbocycles. The molecule has 1 aromatic carbocycles. The number of rotatable bonds is 1. The van der Waals surface area contributed by atoms with Crippen LogP contribution in [-0.4, -0.2) is 11.7 Å². The van der Waals surface area contributed by atoms with E-state index in [1.165, 1.54) is 4.57 Å². The fourth-order valence-corrected chi connectivity index (χ4v) is 1.53. The highest BCUT2D eigenvalue weighted by Gasteiger charge is 2.04. The van der Waals surface area contributed by atoms with E-state index in [4.69, 9.17) is 10.5 Å². The number of nitrogen functional groups attached to an aromatic ring is 1. The number of ether oxygens (including phenoxy) is 1. The summed E-state index contributed by atoms with van der Waals surface area (Å²) in [6.07, 6.45) is 0. The van der Waals surface area contributed by atoms with Crippen LogP contribution >= 0.6 is 0 Å². The summed E-state index contributed by atoms with van der Waals surface area (Å²) in [5.41, 5.74) is 5.58. The third-order valence-corrected chi connectivity index (χ3v) is 2.49. The molecule has 0 aliphatic rings. The van der Waals surface area contributed by atoms with Crippen LogP contribution in [-0.2, 0) is 7.05 Å². The Morgan fingerprint density at radius 3 is 2.73 bits per heavy atom. The van der Waals surface area contributed by atoms with E-state index in [-0.39, 0.29) is 5.56 Å². The van der Waals surface area contributed by atoms with Gasteiger partial charge >= 0.3 is 0 Å².